The minimum absolute atomic E-state index is 0.288. The summed E-state index contributed by atoms with van der Waals surface area (Å²) in [7, 11) is 0. The highest BCUT2D eigenvalue weighted by Gasteiger charge is 2.17. The smallest absolute Gasteiger partial charge is 0.128 e. The van der Waals surface area contributed by atoms with Crippen LogP contribution in [0.1, 0.15) is 22.2 Å². The number of benzene rings is 1. The molecule has 5 heteroatoms. The second kappa shape index (κ2) is 4.61. The van der Waals surface area contributed by atoms with Crippen LogP contribution in [0.2, 0.25) is 0 Å². The molecule has 16 heavy (non-hydrogen) atoms. The molecule has 0 saturated carbocycles. The SMILES string of the molecule is Cc1ncsc1C(N)c1cc(Br)ccc1F. The fraction of sp³-hybridized carbons (Fsp3) is 0.182. The zero-order valence-electron chi connectivity index (χ0n) is 8.58. The number of aromatic nitrogens is 1. The van der Waals surface area contributed by atoms with E-state index in [1.54, 1.807) is 17.6 Å². The molecular weight excluding hydrogens is 291 g/mol. The fourth-order valence-electron chi connectivity index (χ4n) is 1.50. The number of nitrogens with zero attached hydrogens (tertiary/aromatic N) is 1. The molecule has 1 heterocycles. The molecule has 1 aromatic heterocycles. The summed E-state index contributed by atoms with van der Waals surface area (Å²) >= 11 is 4.76. The van der Waals surface area contributed by atoms with Crippen molar-refractivity contribution in [1.29, 1.82) is 0 Å². The molecule has 0 fully saturated rings. The third kappa shape index (κ3) is 2.16. The lowest BCUT2D eigenvalue weighted by atomic mass is 10.0. The van der Waals surface area contributed by atoms with Crippen LogP contribution in [0.3, 0.4) is 0 Å². The molecule has 1 unspecified atom stereocenters. The van der Waals surface area contributed by atoms with E-state index >= 15 is 0 Å². The van der Waals surface area contributed by atoms with Gasteiger partial charge in [-0.2, -0.15) is 0 Å². The van der Waals surface area contributed by atoms with E-state index in [2.05, 4.69) is 20.9 Å². The first-order valence-electron chi connectivity index (χ1n) is 4.70. The van der Waals surface area contributed by atoms with Gasteiger partial charge < -0.3 is 5.73 Å². The Hall–Kier alpha value is -0.780. The summed E-state index contributed by atoms with van der Waals surface area (Å²) in [6.07, 6.45) is 0. The van der Waals surface area contributed by atoms with Crippen molar-refractivity contribution in [2.45, 2.75) is 13.0 Å². The molecule has 0 bridgehead atoms. The Bertz CT molecular complexity index is 512. The highest BCUT2D eigenvalue weighted by molar-refractivity contribution is 9.10. The molecule has 2 N–H and O–H groups in total. The van der Waals surface area contributed by atoms with Crippen LogP contribution in [0, 0.1) is 12.7 Å². The van der Waals surface area contributed by atoms with E-state index in [1.165, 1.54) is 17.4 Å². The number of rotatable bonds is 2. The third-order valence-corrected chi connectivity index (χ3v) is 3.87. The monoisotopic (exact) mass is 300 g/mol. The van der Waals surface area contributed by atoms with Crippen molar-refractivity contribution in [3.63, 3.8) is 0 Å². The van der Waals surface area contributed by atoms with E-state index in [0.29, 0.717) is 5.56 Å². The first-order valence-corrected chi connectivity index (χ1v) is 6.37. The van der Waals surface area contributed by atoms with Crippen molar-refractivity contribution in [3.8, 4) is 0 Å². The molecule has 1 atom stereocenters. The Balaban J connectivity index is 2.45. The number of nitrogens with two attached hydrogens (primary N) is 1. The molecule has 0 spiro atoms. The van der Waals surface area contributed by atoms with Crippen LogP contribution in [0.25, 0.3) is 0 Å². The van der Waals surface area contributed by atoms with E-state index in [9.17, 15) is 4.39 Å². The Morgan fingerprint density at radius 1 is 1.50 bits per heavy atom. The number of hydrogen-bond acceptors (Lipinski definition) is 3. The Morgan fingerprint density at radius 3 is 2.88 bits per heavy atom. The zero-order chi connectivity index (χ0) is 11.7. The van der Waals surface area contributed by atoms with Gasteiger partial charge in [0.05, 0.1) is 17.2 Å². The molecule has 0 amide bonds. The topological polar surface area (TPSA) is 38.9 Å². The Kier molecular flexibility index (Phi) is 3.37. The van der Waals surface area contributed by atoms with Gasteiger partial charge in [0.2, 0.25) is 0 Å². The number of aryl methyl sites for hydroxylation is 1. The molecule has 1 aromatic carbocycles. The van der Waals surface area contributed by atoms with Gasteiger partial charge in [-0.3, -0.25) is 0 Å². The standard InChI is InChI=1S/C11H10BrFN2S/c1-6-11(16-5-15-6)10(14)8-4-7(12)2-3-9(8)13/h2-5,10H,14H2,1H3. The average molecular weight is 301 g/mol. The highest BCUT2D eigenvalue weighted by Crippen LogP contribution is 2.29. The summed E-state index contributed by atoms with van der Waals surface area (Å²) in [5.41, 5.74) is 9.11. The van der Waals surface area contributed by atoms with Crippen molar-refractivity contribution in [2.24, 2.45) is 5.73 Å². The predicted octanol–water partition coefficient (Wildman–Crippen LogP) is 3.40. The number of thiazole rings is 1. The van der Waals surface area contributed by atoms with Crippen LogP contribution < -0.4 is 5.73 Å². The maximum Gasteiger partial charge on any atom is 0.128 e. The van der Waals surface area contributed by atoms with E-state index in [0.717, 1.165) is 15.0 Å². The van der Waals surface area contributed by atoms with Crippen molar-refractivity contribution in [1.82, 2.24) is 4.98 Å². The molecule has 0 saturated heterocycles. The first-order chi connectivity index (χ1) is 7.59. The van der Waals surface area contributed by atoms with Gasteiger partial charge in [0, 0.05) is 14.9 Å². The number of hydrogen-bond donors (Lipinski definition) is 1. The van der Waals surface area contributed by atoms with Gasteiger partial charge in [-0.25, -0.2) is 9.37 Å². The second-order valence-electron chi connectivity index (χ2n) is 3.45. The maximum absolute atomic E-state index is 13.6. The average Bonchev–Trinajstić information content (AvgIpc) is 2.67. The van der Waals surface area contributed by atoms with E-state index < -0.39 is 6.04 Å². The molecule has 2 aromatic rings. The van der Waals surface area contributed by atoms with Crippen LogP contribution in [-0.4, -0.2) is 4.98 Å². The summed E-state index contributed by atoms with van der Waals surface area (Å²) < 4.78 is 14.4. The molecule has 2 rings (SSSR count). The van der Waals surface area contributed by atoms with Crippen molar-refractivity contribution in [2.75, 3.05) is 0 Å². The molecule has 0 aliphatic carbocycles. The first kappa shape index (κ1) is 11.7. The third-order valence-electron chi connectivity index (χ3n) is 2.36. The normalized spacial score (nSPS) is 12.8. The minimum Gasteiger partial charge on any atom is -0.319 e. The van der Waals surface area contributed by atoms with Crippen LogP contribution >= 0.6 is 27.3 Å². The van der Waals surface area contributed by atoms with Gasteiger partial charge >= 0.3 is 0 Å². The van der Waals surface area contributed by atoms with E-state index in [1.807, 2.05) is 6.92 Å². The second-order valence-corrected chi connectivity index (χ2v) is 5.25. The highest BCUT2D eigenvalue weighted by atomic mass is 79.9. The molecule has 0 aliphatic heterocycles. The quantitative estimate of drug-likeness (QED) is 0.923. The molecule has 2 nitrogen and oxygen atoms in total. The fourth-order valence-corrected chi connectivity index (χ4v) is 2.70. The lowest BCUT2D eigenvalue weighted by molar-refractivity contribution is 0.600. The minimum atomic E-state index is -0.454. The molecule has 84 valence electrons. The van der Waals surface area contributed by atoms with Crippen molar-refractivity contribution in [3.05, 3.63) is 50.1 Å². The van der Waals surface area contributed by atoms with Gasteiger partial charge in [-0.15, -0.1) is 11.3 Å². The molecular formula is C11H10BrFN2S. The number of halogens is 2. The summed E-state index contributed by atoms with van der Waals surface area (Å²) in [4.78, 5) is 5.02. The summed E-state index contributed by atoms with van der Waals surface area (Å²) in [5.74, 6) is -0.288. The molecule has 0 radical (unpaired) electrons. The van der Waals surface area contributed by atoms with Crippen LogP contribution in [-0.2, 0) is 0 Å². The largest absolute Gasteiger partial charge is 0.319 e. The van der Waals surface area contributed by atoms with Crippen molar-refractivity contribution < 1.29 is 4.39 Å². The maximum atomic E-state index is 13.6. The zero-order valence-corrected chi connectivity index (χ0v) is 11.0. The van der Waals surface area contributed by atoms with Gasteiger partial charge in [0.15, 0.2) is 0 Å². The van der Waals surface area contributed by atoms with Crippen LogP contribution in [0.15, 0.2) is 28.2 Å². The van der Waals surface area contributed by atoms with E-state index in [4.69, 9.17) is 5.73 Å². The van der Waals surface area contributed by atoms with Gasteiger partial charge in [-0.1, -0.05) is 15.9 Å². The predicted molar refractivity (Wildman–Crippen MR) is 67.0 cm³/mol. The van der Waals surface area contributed by atoms with Gasteiger partial charge in [0.25, 0.3) is 0 Å². The molecule has 0 aliphatic rings. The lowest BCUT2D eigenvalue weighted by Crippen LogP contribution is -2.13. The van der Waals surface area contributed by atoms with Crippen LogP contribution in [0.4, 0.5) is 4.39 Å². The van der Waals surface area contributed by atoms with Gasteiger partial charge in [-0.05, 0) is 25.1 Å². The van der Waals surface area contributed by atoms with E-state index in [-0.39, 0.29) is 5.82 Å². The Labute approximate surface area is 105 Å². The Morgan fingerprint density at radius 2 is 2.25 bits per heavy atom. The van der Waals surface area contributed by atoms with Gasteiger partial charge in [0.1, 0.15) is 5.82 Å². The van der Waals surface area contributed by atoms with Crippen LogP contribution in [0.5, 0.6) is 0 Å². The lowest BCUT2D eigenvalue weighted by Gasteiger charge is -2.12. The summed E-state index contributed by atoms with van der Waals surface area (Å²) in [6, 6.07) is 4.32. The van der Waals surface area contributed by atoms with Crippen molar-refractivity contribution >= 4 is 27.3 Å². The summed E-state index contributed by atoms with van der Waals surface area (Å²) in [6.45, 7) is 1.88. The summed E-state index contributed by atoms with van der Waals surface area (Å²) in [5, 5.41) is 0.